The fourth-order valence-corrected chi connectivity index (χ4v) is 5.60. The predicted octanol–water partition coefficient (Wildman–Crippen LogP) is 3.53. The van der Waals surface area contributed by atoms with Gasteiger partial charge in [0, 0.05) is 19.3 Å². The van der Waals surface area contributed by atoms with Crippen molar-refractivity contribution >= 4 is 51.7 Å². The van der Waals surface area contributed by atoms with Crippen molar-refractivity contribution in [2.45, 2.75) is 32.0 Å². The van der Waals surface area contributed by atoms with Gasteiger partial charge in [-0.1, -0.05) is 60.4 Å². The second-order valence-electron chi connectivity index (χ2n) is 8.80. The molecule has 0 radical (unpaired) electrons. The van der Waals surface area contributed by atoms with Crippen LogP contribution in [0.3, 0.4) is 0 Å². The molecule has 0 bridgehead atoms. The van der Waals surface area contributed by atoms with Crippen LogP contribution in [0, 0.1) is 6.92 Å². The summed E-state index contributed by atoms with van der Waals surface area (Å²) in [5.41, 5.74) is 1.99. The molecule has 10 heteroatoms. The molecule has 3 aromatic rings. The molecule has 36 heavy (non-hydrogen) atoms. The second-order valence-corrected chi connectivity index (χ2v) is 10.5. The summed E-state index contributed by atoms with van der Waals surface area (Å²) >= 11 is 6.64. The number of benzene rings is 1. The number of hydrogen-bond donors (Lipinski definition) is 2. The molecule has 1 amide bonds. The summed E-state index contributed by atoms with van der Waals surface area (Å²) < 4.78 is 7.58. The standard InChI is InChI=1S/C26H26N4O4S2/c1-16-7-5-11-29-23(16)28-22(27-14-20(31)17-8-3-2-4-9-17)19(24(29)32)13-21-25(33)30(26(35)36-21)15-18-10-6-12-34-18/h2-5,7-9,11,13,18,20,27,31H,6,10,12,14-15H2,1H3/b21-13-. The SMILES string of the molecule is Cc1cccn2c(=O)c(/C=C3\SC(=S)N(CC4CCCO4)C3=O)c(NCC(O)c3ccccc3)nc12. The van der Waals surface area contributed by atoms with Crippen LogP contribution >= 0.6 is 24.0 Å². The molecule has 0 aliphatic carbocycles. The average Bonchev–Trinajstić information content (AvgIpc) is 3.49. The lowest BCUT2D eigenvalue weighted by atomic mass is 10.1. The lowest BCUT2D eigenvalue weighted by molar-refractivity contribution is -0.123. The zero-order chi connectivity index (χ0) is 25.2. The van der Waals surface area contributed by atoms with Crippen molar-refractivity contribution in [3.8, 4) is 0 Å². The van der Waals surface area contributed by atoms with Crippen molar-refractivity contribution in [1.29, 1.82) is 0 Å². The van der Waals surface area contributed by atoms with Crippen LogP contribution in [-0.4, -0.2) is 55.4 Å². The van der Waals surface area contributed by atoms with Crippen molar-refractivity contribution < 1.29 is 14.6 Å². The van der Waals surface area contributed by atoms with E-state index in [1.165, 1.54) is 16.2 Å². The van der Waals surface area contributed by atoms with E-state index in [4.69, 9.17) is 21.9 Å². The summed E-state index contributed by atoms with van der Waals surface area (Å²) in [5.74, 6) is 0.0539. The Balaban J connectivity index is 1.50. The molecule has 2 aliphatic rings. The first kappa shape index (κ1) is 24.6. The number of ether oxygens (including phenoxy) is 1. The molecule has 2 fully saturated rings. The molecule has 2 atom stereocenters. The van der Waals surface area contributed by atoms with E-state index in [9.17, 15) is 14.7 Å². The quantitative estimate of drug-likeness (QED) is 0.360. The Morgan fingerprint density at radius 3 is 2.83 bits per heavy atom. The maximum atomic E-state index is 13.5. The third-order valence-electron chi connectivity index (χ3n) is 6.29. The third kappa shape index (κ3) is 4.94. The highest BCUT2D eigenvalue weighted by Gasteiger charge is 2.35. The molecular weight excluding hydrogens is 496 g/mol. The van der Waals surface area contributed by atoms with Crippen LogP contribution in [0.5, 0.6) is 0 Å². The van der Waals surface area contributed by atoms with E-state index in [0.29, 0.717) is 33.8 Å². The molecule has 2 saturated heterocycles. The lowest BCUT2D eigenvalue weighted by Crippen LogP contribution is -2.35. The van der Waals surface area contributed by atoms with Crippen LogP contribution in [0.2, 0.25) is 0 Å². The first-order valence-electron chi connectivity index (χ1n) is 11.8. The van der Waals surface area contributed by atoms with E-state index in [-0.39, 0.29) is 29.7 Å². The Morgan fingerprint density at radius 1 is 1.28 bits per heavy atom. The van der Waals surface area contributed by atoms with Crippen molar-refractivity contribution in [3.63, 3.8) is 0 Å². The minimum absolute atomic E-state index is 0.0283. The monoisotopic (exact) mass is 522 g/mol. The van der Waals surface area contributed by atoms with Crippen LogP contribution in [0.4, 0.5) is 5.82 Å². The number of nitrogens with one attached hydrogen (secondary N) is 1. The summed E-state index contributed by atoms with van der Waals surface area (Å²) in [5, 5.41) is 13.8. The normalized spacial score (nSPS) is 20.0. The van der Waals surface area contributed by atoms with Gasteiger partial charge in [0.1, 0.15) is 15.8 Å². The maximum absolute atomic E-state index is 13.5. The van der Waals surface area contributed by atoms with Gasteiger partial charge in [0.25, 0.3) is 11.5 Å². The van der Waals surface area contributed by atoms with Gasteiger partial charge in [-0.25, -0.2) is 4.98 Å². The van der Waals surface area contributed by atoms with E-state index in [2.05, 4.69) is 5.32 Å². The second kappa shape index (κ2) is 10.5. The van der Waals surface area contributed by atoms with E-state index >= 15 is 0 Å². The van der Waals surface area contributed by atoms with Gasteiger partial charge in [-0.3, -0.25) is 18.9 Å². The highest BCUT2D eigenvalue weighted by Crippen LogP contribution is 2.34. The maximum Gasteiger partial charge on any atom is 0.267 e. The summed E-state index contributed by atoms with van der Waals surface area (Å²) in [4.78, 5) is 33.3. The fourth-order valence-electron chi connectivity index (χ4n) is 4.34. The summed E-state index contributed by atoms with van der Waals surface area (Å²) in [6.07, 6.45) is 4.23. The molecule has 2 aliphatic heterocycles. The number of hydrogen-bond acceptors (Lipinski definition) is 8. The number of carbonyl (C=O) groups is 1. The summed E-state index contributed by atoms with van der Waals surface area (Å²) in [6, 6.07) is 12.9. The molecule has 8 nitrogen and oxygen atoms in total. The van der Waals surface area contributed by atoms with E-state index in [1.54, 1.807) is 23.2 Å². The van der Waals surface area contributed by atoms with Gasteiger partial charge in [-0.15, -0.1) is 0 Å². The highest BCUT2D eigenvalue weighted by molar-refractivity contribution is 8.26. The predicted molar refractivity (Wildman–Crippen MR) is 145 cm³/mol. The van der Waals surface area contributed by atoms with Gasteiger partial charge < -0.3 is 15.2 Å². The van der Waals surface area contributed by atoms with E-state index in [0.717, 1.165) is 24.0 Å². The van der Waals surface area contributed by atoms with Gasteiger partial charge in [-0.2, -0.15) is 0 Å². The molecule has 0 spiro atoms. The Morgan fingerprint density at radius 2 is 2.08 bits per heavy atom. The molecule has 2 aromatic heterocycles. The topological polar surface area (TPSA) is 96.2 Å². The molecule has 2 unspecified atom stereocenters. The Hall–Kier alpha value is -3.05. The van der Waals surface area contributed by atoms with Gasteiger partial charge in [0.05, 0.1) is 29.2 Å². The number of aromatic nitrogens is 2. The number of rotatable bonds is 7. The molecule has 2 N–H and O–H groups in total. The number of carbonyl (C=O) groups excluding carboxylic acids is 1. The van der Waals surface area contributed by atoms with Crippen LogP contribution in [0.15, 0.2) is 58.4 Å². The van der Waals surface area contributed by atoms with Gasteiger partial charge in [0.15, 0.2) is 0 Å². The number of pyridine rings is 1. The number of aliphatic hydroxyl groups excluding tert-OH is 1. The number of thioether (sulfide) groups is 1. The third-order valence-corrected chi connectivity index (χ3v) is 7.67. The average molecular weight is 523 g/mol. The molecule has 186 valence electrons. The molecule has 1 aromatic carbocycles. The van der Waals surface area contributed by atoms with Crippen LogP contribution < -0.4 is 10.9 Å². The van der Waals surface area contributed by atoms with Crippen LogP contribution in [0.25, 0.3) is 11.7 Å². The number of nitrogens with zero attached hydrogens (tertiary/aromatic N) is 3. The first-order valence-corrected chi connectivity index (χ1v) is 13.0. The first-order chi connectivity index (χ1) is 17.4. The molecule has 0 saturated carbocycles. The molecule has 4 heterocycles. The Labute approximate surface area is 218 Å². The molecule has 5 rings (SSSR count). The zero-order valence-electron chi connectivity index (χ0n) is 19.7. The smallest absolute Gasteiger partial charge is 0.267 e. The number of aryl methyl sites for hydroxylation is 1. The minimum atomic E-state index is -0.805. The number of anilines is 1. The van der Waals surface area contributed by atoms with E-state index in [1.807, 2.05) is 43.3 Å². The number of fused-ring (bicyclic) bond motifs is 1. The Bertz CT molecular complexity index is 1400. The van der Waals surface area contributed by atoms with Gasteiger partial charge in [0.2, 0.25) is 0 Å². The minimum Gasteiger partial charge on any atom is -0.387 e. The number of thiocarbonyl (C=S) groups is 1. The van der Waals surface area contributed by atoms with Gasteiger partial charge in [-0.05, 0) is 43.0 Å². The van der Waals surface area contributed by atoms with Crippen LogP contribution in [0.1, 0.15) is 35.6 Å². The lowest BCUT2D eigenvalue weighted by Gasteiger charge is -2.18. The highest BCUT2D eigenvalue weighted by atomic mass is 32.2. The van der Waals surface area contributed by atoms with Crippen molar-refractivity contribution in [3.05, 3.63) is 80.6 Å². The van der Waals surface area contributed by atoms with Crippen molar-refractivity contribution in [1.82, 2.24) is 14.3 Å². The van der Waals surface area contributed by atoms with Crippen LogP contribution in [-0.2, 0) is 9.53 Å². The van der Waals surface area contributed by atoms with Crippen molar-refractivity contribution in [2.24, 2.45) is 0 Å². The Kier molecular flexibility index (Phi) is 7.20. The van der Waals surface area contributed by atoms with Gasteiger partial charge >= 0.3 is 0 Å². The fraction of sp³-hybridized carbons (Fsp3) is 0.308. The summed E-state index contributed by atoms with van der Waals surface area (Å²) in [7, 11) is 0. The molecular formula is C26H26N4O4S2. The zero-order valence-corrected chi connectivity index (χ0v) is 21.3. The summed E-state index contributed by atoms with van der Waals surface area (Å²) in [6.45, 7) is 3.11. The van der Waals surface area contributed by atoms with E-state index < -0.39 is 6.10 Å². The number of amides is 1. The van der Waals surface area contributed by atoms with Crippen molar-refractivity contribution in [2.75, 3.05) is 25.0 Å². The number of aliphatic hydroxyl groups is 1. The largest absolute Gasteiger partial charge is 0.387 e.